The maximum Gasteiger partial charge on any atom is 0.293 e. The van der Waals surface area contributed by atoms with Crippen LogP contribution in [0.2, 0.25) is 0 Å². The van der Waals surface area contributed by atoms with Crippen molar-refractivity contribution in [2.45, 2.75) is 19.9 Å². The fourth-order valence-electron chi connectivity index (χ4n) is 2.50. The summed E-state index contributed by atoms with van der Waals surface area (Å²) in [6, 6.07) is 8.12. The Labute approximate surface area is 127 Å². The molecule has 21 heavy (non-hydrogen) atoms. The van der Waals surface area contributed by atoms with Gasteiger partial charge in [0.25, 0.3) is 11.1 Å². The molecule has 108 valence electrons. The van der Waals surface area contributed by atoms with E-state index in [1.807, 2.05) is 24.3 Å². The fraction of sp³-hybridized carbons (Fsp3) is 0.250. The Morgan fingerprint density at radius 1 is 1.24 bits per heavy atom. The molecule has 0 unspecified atom stereocenters. The van der Waals surface area contributed by atoms with Gasteiger partial charge >= 0.3 is 0 Å². The molecule has 1 saturated heterocycles. The minimum absolute atomic E-state index is 0.219. The van der Waals surface area contributed by atoms with Gasteiger partial charge in [0.15, 0.2) is 0 Å². The first-order valence-electron chi connectivity index (χ1n) is 6.91. The largest absolute Gasteiger partial charge is 0.347 e. The molecule has 0 aliphatic carbocycles. The van der Waals surface area contributed by atoms with Crippen molar-refractivity contribution >= 4 is 39.9 Å². The van der Waals surface area contributed by atoms with Crippen LogP contribution in [0.3, 0.4) is 0 Å². The average molecular weight is 300 g/mol. The molecular formula is C16H16N2O2S. The number of nitrogens with zero attached hydrogens (tertiary/aromatic N) is 2. The summed E-state index contributed by atoms with van der Waals surface area (Å²) in [4.78, 5) is 25.2. The summed E-state index contributed by atoms with van der Waals surface area (Å²) in [6.45, 7) is 3.07. The molecule has 4 nitrogen and oxygen atoms in total. The molecular weight excluding hydrogens is 284 g/mol. The van der Waals surface area contributed by atoms with E-state index in [0.717, 1.165) is 46.1 Å². The second kappa shape index (κ2) is 5.41. The highest BCUT2D eigenvalue weighted by Crippen LogP contribution is 2.33. The van der Waals surface area contributed by atoms with Crippen LogP contribution in [0.1, 0.15) is 18.9 Å². The molecule has 0 bridgehead atoms. The SMILES string of the molecule is CCCn1cc(/C=C2\SC(=O)N(C)C2=O)c2ccccc21. The standard InChI is InChI=1S/C16H16N2O2S/c1-3-8-18-10-11(12-6-4-5-7-13(12)18)9-14-15(19)17(2)16(20)21-14/h4-7,9-10H,3,8H2,1-2H3/b14-9-. The molecule has 0 saturated carbocycles. The number of imide groups is 1. The molecule has 1 aromatic heterocycles. The molecule has 1 aliphatic heterocycles. The van der Waals surface area contributed by atoms with Gasteiger partial charge in [0.1, 0.15) is 0 Å². The van der Waals surface area contributed by atoms with E-state index < -0.39 is 0 Å². The molecule has 2 amide bonds. The zero-order valence-corrected chi connectivity index (χ0v) is 12.8. The number of likely N-dealkylation sites (N-methyl/N-ethyl adjacent to an activating group) is 1. The predicted octanol–water partition coefficient (Wildman–Crippen LogP) is 3.72. The molecule has 2 heterocycles. The Morgan fingerprint density at radius 2 is 2.00 bits per heavy atom. The number of thioether (sulfide) groups is 1. The number of hydrogen-bond acceptors (Lipinski definition) is 3. The van der Waals surface area contributed by atoms with E-state index in [-0.39, 0.29) is 11.1 Å². The molecule has 0 radical (unpaired) electrons. The number of amides is 2. The van der Waals surface area contributed by atoms with Crippen molar-refractivity contribution in [1.29, 1.82) is 0 Å². The van der Waals surface area contributed by atoms with Crippen LogP contribution in [0, 0.1) is 0 Å². The van der Waals surface area contributed by atoms with Gasteiger partial charge in [0.2, 0.25) is 0 Å². The second-order valence-electron chi connectivity index (χ2n) is 5.04. The number of fused-ring (bicyclic) bond motifs is 1. The first-order valence-corrected chi connectivity index (χ1v) is 7.73. The first-order chi connectivity index (χ1) is 10.1. The van der Waals surface area contributed by atoms with E-state index in [9.17, 15) is 9.59 Å². The zero-order chi connectivity index (χ0) is 15.0. The van der Waals surface area contributed by atoms with Crippen molar-refractivity contribution in [1.82, 2.24) is 9.47 Å². The molecule has 1 aliphatic rings. The van der Waals surface area contributed by atoms with Gasteiger partial charge in [-0.15, -0.1) is 0 Å². The molecule has 0 atom stereocenters. The fourth-order valence-corrected chi connectivity index (χ4v) is 3.32. The van der Waals surface area contributed by atoms with Crippen molar-refractivity contribution in [3.63, 3.8) is 0 Å². The van der Waals surface area contributed by atoms with E-state index in [4.69, 9.17) is 0 Å². The number of carbonyl (C=O) groups is 2. The van der Waals surface area contributed by atoms with Crippen molar-refractivity contribution in [3.8, 4) is 0 Å². The van der Waals surface area contributed by atoms with Crippen LogP contribution in [-0.2, 0) is 11.3 Å². The summed E-state index contributed by atoms with van der Waals surface area (Å²) in [5.74, 6) is -0.225. The highest BCUT2D eigenvalue weighted by Gasteiger charge is 2.31. The van der Waals surface area contributed by atoms with Crippen LogP contribution in [0.4, 0.5) is 4.79 Å². The van der Waals surface area contributed by atoms with Crippen LogP contribution in [0.15, 0.2) is 35.4 Å². The second-order valence-corrected chi connectivity index (χ2v) is 6.03. The van der Waals surface area contributed by atoms with Gasteiger partial charge in [0, 0.05) is 36.3 Å². The molecule has 2 aromatic rings. The van der Waals surface area contributed by atoms with Crippen molar-refractivity contribution in [3.05, 3.63) is 40.9 Å². The van der Waals surface area contributed by atoms with Crippen LogP contribution in [-0.4, -0.2) is 27.7 Å². The summed E-state index contributed by atoms with van der Waals surface area (Å²) in [5.41, 5.74) is 2.14. The minimum atomic E-state index is -0.225. The lowest BCUT2D eigenvalue weighted by molar-refractivity contribution is -0.121. The summed E-state index contributed by atoms with van der Waals surface area (Å²) >= 11 is 0.997. The highest BCUT2D eigenvalue weighted by molar-refractivity contribution is 8.18. The number of hydrogen-bond donors (Lipinski definition) is 0. The van der Waals surface area contributed by atoms with E-state index in [0.29, 0.717) is 4.91 Å². The van der Waals surface area contributed by atoms with Crippen LogP contribution < -0.4 is 0 Å². The van der Waals surface area contributed by atoms with Gasteiger partial charge in [-0.05, 0) is 30.3 Å². The number of aromatic nitrogens is 1. The molecule has 0 spiro atoms. The minimum Gasteiger partial charge on any atom is -0.347 e. The monoisotopic (exact) mass is 300 g/mol. The average Bonchev–Trinajstić information content (AvgIpc) is 2.94. The smallest absolute Gasteiger partial charge is 0.293 e. The lowest BCUT2D eigenvalue weighted by atomic mass is 10.1. The Hall–Kier alpha value is -2.01. The van der Waals surface area contributed by atoms with Crippen molar-refractivity contribution < 1.29 is 9.59 Å². The van der Waals surface area contributed by atoms with Gasteiger partial charge in [-0.3, -0.25) is 14.5 Å². The summed E-state index contributed by atoms with van der Waals surface area (Å²) < 4.78 is 2.19. The Balaban J connectivity index is 2.09. The third kappa shape index (κ3) is 2.38. The molecule has 1 fully saturated rings. The lowest BCUT2D eigenvalue weighted by Gasteiger charge is -2.01. The van der Waals surface area contributed by atoms with Gasteiger partial charge in [0.05, 0.1) is 4.91 Å². The zero-order valence-electron chi connectivity index (χ0n) is 12.0. The quantitative estimate of drug-likeness (QED) is 0.811. The predicted molar refractivity (Wildman–Crippen MR) is 86.0 cm³/mol. The summed E-state index contributed by atoms with van der Waals surface area (Å²) in [5, 5.41) is 0.886. The van der Waals surface area contributed by atoms with E-state index in [1.54, 1.807) is 0 Å². The van der Waals surface area contributed by atoms with Crippen molar-refractivity contribution in [2.24, 2.45) is 0 Å². The van der Waals surface area contributed by atoms with Gasteiger partial charge in [-0.1, -0.05) is 25.1 Å². The molecule has 5 heteroatoms. The van der Waals surface area contributed by atoms with E-state index >= 15 is 0 Å². The van der Waals surface area contributed by atoms with E-state index in [1.165, 1.54) is 7.05 Å². The maximum absolute atomic E-state index is 12.0. The van der Waals surface area contributed by atoms with Crippen LogP contribution >= 0.6 is 11.8 Å². The van der Waals surface area contributed by atoms with Crippen molar-refractivity contribution in [2.75, 3.05) is 7.05 Å². The maximum atomic E-state index is 12.0. The topological polar surface area (TPSA) is 42.3 Å². The third-order valence-electron chi connectivity index (χ3n) is 3.56. The summed E-state index contributed by atoms with van der Waals surface area (Å²) in [6.07, 6.45) is 4.92. The lowest BCUT2D eigenvalue weighted by Crippen LogP contribution is -2.22. The van der Waals surface area contributed by atoms with Gasteiger partial charge < -0.3 is 4.57 Å². The number of carbonyl (C=O) groups excluding carboxylic acids is 2. The Bertz CT molecular complexity index is 761. The van der Waals surface area contributed by atoms with E-state index in [2.05, 4.69) is 23.8 Å². The molecule has 3 rings (SSSR count). The Kier molecular flexibility index (Phi) is 3.59. The van der Waals surface area contributed by atoms with Crippen LogP contribution in [0.25, 0.3) is 17.0 Å². The normalized spacial score (nSPS) is 17.4. The summed E-state index contributed by atoms with van der Waals surface area (Å²) in [7, 11) is 1.51. The highest BCUT2D eigenvalue weighted by atomic mass is 32.2. The number of benzene rings is 1. The molecule has 1 aromatic carbocycles. The third-order valence-corrected chi connectivity index (χ3v) is 4.52. The first kappa shape index (κ1) is 13.9. The number of aryl methyl sites for hydroxylation is 1. The number of para-hydroxylation sites is 1. The van der Waals surface area contributed by atoms with Gasteiger partial charge in [-0.2, -0.15) is 0 Å². The van der Waals surface area contributed by atoms with Crippen LogP contribution in [0.5, 0.6) is 0 Å². The Morgan fingerprint density at radius 3 is 2.67 bits per heavy atom. The molecule has 0 N–H and O–H groups in total. The number of rotatable bonds is 3. The van der Waals surface area contributed by atoms with Gasteiger partial charge in [-0.25, -0.2) is 0 Å².